The van der Waals surface area contributed by atoms with Gasteiger partial charge in [0.1, 0.15) is 24.7 Å². The van der Waals surface area contributed by atoms with Gasteiger partial charge in [0.25, 0.3) is 5.91 Å². The number of benzene rings is 3. The smallest absolute Gasteiger partial charge is 0.262 e. The van der Waals surface area contributed by atoms with Gasteiger partial charge in [-0.25, -0.2) is 9.99 Å². The number of carbonyl (C=O) groups excluding carboxylic acids is 1. The minimum Gasteiger partial charge on any atom is -0.486 e. The Kier molecular flexibility index (Phi) is 5.19. The van der Waals surface area contributed by atoms with Crippen LogP contribution in [0, 0.1) is 0 Å². The number of aromatic nitrogens is 2. The van der Waals surface area contributed by atoms with Gasteiger partial charge in [0, 0.05) is 6.42 Å². The summed E-state index contributed by atoms with van der Waals surface area (Å²) < 4.78 is 7.84. The highest BCUT2D eigenvalue weighted by atomic mass is 16.5. The van der Waals surface area contributed by atoms with Gasteiger partial charge in [-0.1, -0.05) is 60.7 Å². The van der Waals surface area contributed by atoms with E-state index in [9.17, 15) is 4.79 Å². The van der Waals surface area contributed by atoms with Crippen molar-refractivity contribution in [3.05, 3.63) is 96.3 Å². The van der Waals surface area contributed by atoms with Gasteiger partial charge in [-0.2, -0.15) is 5.10 Å². The first kappa shape index (κ1) is 19.1. The quantitative estimate of drug-likeness (QED) is 0.477. The Hall–Kier alpha value is -3.93. The van der Waals surface area contributed by atoms with Gasteiger partial charge in [-0.15, -0.1) is 0 Å². The maximum atomic E-state index is 13.1. The first-order valence-corrected chi connectivity index (χ1v) is 10.3. The van der Waals surface area contributed by atoms with Crippen molar-refractivity contribution in [3.8, 4) is 5.75 Å². The number of hydrogen-bond donors (Lipinski definition) is 0. The lowest BCUT2D eigenvalue weighted by atomic mass is 10.1. The minimum atomic E-state index is -0.0601. The normalized spacial score (nSPS) is 13.4. The van der Waals surface area contributed by atoms with Crippen molar-refractivity contribution in [1.29, 1.82) is 0 Å². The van der Waals surface area contributed by atoms with E-state index in [4.69, 9.17) is 9.72 Å². The fraction of sp³-hybridized carbons (Fsp3) is 0.160. The fourth-order valence-corrected chi connectivity index (χ4v) is 3.76. The van der Waals surface area contributed by atoms with E-state index in [-0.39, 0.29) is 19.1 Å². The summed E-state index contributed by atoms with van der Waals surface area (Å²) in [4.78, 5) is 17.8. The Morgan fingerprint density at radius 3 is 2.42 bits per heavy atom. The summed E-state index contributed by atoms with van der Waals surface area (Å²) in [6, 6.07) is 27.4. The lowest BCUT2D eigenvalue weighted by molar-refractivity contribution is -0.131. The molecule has 5 rings (SSSR count). The van der Waals surface area contributed by atoms with Crippen LogP contribution in [0.2, 0.25) is 0 Å². The van der Waals surface area contributed by atoms with Gasteiger partial charge >= 0.3 is 0 Å². The molecule has 1 amide bonds. The molecule has 0 radical (unpaired) electrons. The largest absolute Gasteiger partial charge is 0.486 e. The number of hydrazone groups is 1. The van der Waals surface area contributed by atoms with Gasteiger partial charge in [-0.05, 0) is 29.8 Å². The molecule has 1 aromatic heterocycles. The maximum Gasteiger partial charge on any atom is 0.262 e. The predicted molar refractivity (Wildman–Crippen MR) is 120 cm³/mol. The Labute approximate surface area is 180 Å². The summed E-state index contributed by atoms with van der Waals surface area (Å²) >= 11 is 0. The number of imidazole rings is 1. The van der Waals surface area contributed by atoms with E-state index in [1.807, 2.05) is 89.5 Å². The molecule has 0 N–H and O–H groups in total. The molecule has 3 aromatic carbocycles. The number of carbonyl (C=O) groups is 1. The summed E-state index contributed by atoms with van der Waals surface area (Å²) in [7, 11) is 0. The molecule has 0 saturated carbocycles. The van der Waals surface area contributed by atoms with E-state index in [2.05, 4.69) is 5.10 Å². The van der Waals surface area contributed by atoms with Crippen LogP contribution in [-0.2, 0) is 17.9 Å². The number of para-hydroxylation sites is 3. The molecular formula is C25H22N4O2. The van der Waals surface area contributed by atoms with E-state index >= 15 is 0 Å². The number of rotatable bonds is 6. The van der Waals surface area contributed by atoms with Crippen LogP contribution >= 0.6 is 0 Å². The van der Waals surface area contributed by atoms with Gasteiger partial charge in [-0.3, -0.25) is 4.79 Å². The third-order valence-electron chi connectivity index (χ3n) is 5.33. The van der Waals surface area contributed by atoms with Crippen LogP contribution in [-0.4, -0.2) is 32.7 Å². The van der Waals surface area contributed by atoms with Gasteiger partial charge < -0.3 is 9.30 Å². The van der Waals surface area contributed by atoms with Gasteiger partial charge in [0.05, 0.1) is 23.3 Å². The zero-order chi connectivity index (χ0) is 21.0. The predicted octanol–water partition coefficient (Wildman–Crippen LogP) is 4.25. The van der Waals surface area contributed by atoms with E-state index in [0.29, 0.717) is 12.4 Å². The first-order valence-electron chi connectivity index (χ1n) is 10.3. The lowest BCUT2D eigenvalue weighted by Crippen LogP contribution is -2.28. The van der Waals surface area contributed by atoms with Crippen LogP contribution < -0.4 is 4.74 Å². The Morgan fingerprint density at radius 1 is 0.903 bits per heavy atom. The molecule has 0 fully saturated rings. The third-order valence-corrected chi connectivity index (χ3v) is 5.33. The van der Waals surface area contributed by atoms with Gasteiger partial charge in [0.2, 0.25) is 0 Å². The van der Waals surface area contributed by atoms with Crippen molar-refractivity contribution >= 4 is 22.7 Å². The van der Waals surface area contributed by atoms with Crippen LogP contribution in [0.25, 0.3) is 11.0 Å². The SMILES string of the molecule is O=C(Cn1c(COc2ccccc2)nc2ccccc21)N1CCC(c2ccccc2)=N1. The molecule has 0 aliphatic carbocycles. The zero-order valence-electron chi connectivity index (χ0n) is 17.0. The Balaban J connectivity index is 1.38. The number of hydrogen-bond acceptors (Lipinski definition) is 4. The minimum absolute atomic E-state index is 0.0601. The summed E-state index contributed by atoms with van der Waals surface area (Å²) in [5, 5.41) is 6.15. The second-order valence-corrected chi connectivity index (χ2v) is 7.38. The highest BCUT2D eigenvalue weighted by Crippen LogP contribution is 2.20. The zero-order valence-corrected chi connectivity index (χ0v) is 17.0. The molecule has 0 atom stereocenters. The van der Waals surface area contributed by atoms with Crippen LogP contribution in [0.3, 0.4) is 0 Å². The monoisotopic (exact) mass is 410 g/mol. The summed E-state index contributed by atoms with van der Waals surface area (Å²) in [6.07, 6.45) is 0.754. The Morgan fingerprint density at radius 2 is 1.61 bits per heavy atom. The number of nitrogens with zero attached hydrogens (tertiary/aromatic N) is 4. The molecular weight excluding hydrogens is 388 g/mol. The highest BCUT2D eigenvalue weighted by molar-refractivity contribution is 6.02. The topological polar surface area (TPSA) is 59.7 Å². The molecule has 154 valence electrons. The van der Waals surface area contributed by atoms with Crippen molar-refractivity contribution in [2.75, 3.05) is 6.54 Å². The van der Waals surface area contributed by atoms with Crippen LogP contribution in [0.1, 0.15) is 17.8 Å². The molecule has 6 nitrogen and oxygen atoms in total. The van der Waals surface area contributed by atoms with Crippen LogP contribution in [0.15, 0.2) is 90.0 Å². The van der Waals surface area contributed by atoms with Crippen molar-refractivity contribution < 1.29 is 9.53 Å². The molecule has 0 unspecified atom stereocenters. The second kappa shape index (κ2) is 8.44. The number of ether oxygens (including phenoxy) is 1. The molecule has 0 bridgehead atoms. The average Bonchev–Trinajstić information content (AvgIpc) is 3.45. The molecule has 1 aliphatic heterocycles. The number of fused-ring (bicyclic) bond motifs is 1. The fourth-order valence-electron chi connectivity index (χ4n) is 3.76. The highest BCUT2D eigenvalue weighted by Gasteiger charge is 2.23. The number of amides is 1. The molecule has 0 saturated heterocycles. The molecule has 0 spiro atoms. The maximum absolute atomic E-state index is 13.1. The van der Waals surface area contributed by atoms with Crippen LogP contribution in [0.5, 0.6) is 5.75 Å². The molecule has 6 heteroatoms. The van der Waals surface area contributed by atoms with Gasteiger partial charge in [0.15, 0.2) is 0 Å². The standard InChI is InChI=1S/C25H22N4O2/c30-25(29-16-15-21(27-29)19-9-3-1-4-10-19)17-28-23-14-8-7-13-22(23)26-24(28)18-31-20-11-5-2-6-12-20/h1-14H,15-18H2. The Bertz CT molecular complexity index is 1230. The average molecular weight is 410 g/mol. The van der Waals surface area contributed by atoms with Crippen molar-refractivity contribution in [2.24, 2.45) is 5.10 Å². The van der Waals surface area contributed by atoms with Crippen molar-refractivity contribution in [2.45, 2.75) is 19.6 Å². The van der Waals surface area contributed by atoms with E-state index in [1.165, 1.54) is 0 Å². The van der Waals surface area contributed by atoms with Crippen molar-refractivity contribution in [3.63, 3.8) is 0 Å². The molecule has 2 heterocycles. The second-order valence-electron chi connectivity index (χ2n) is 7.38. The summed E-state index contributed by atoms with van der Waals surface area (Å²) in [5.74, 6) is 1.42. The summed E-state index contributed by atoms with van der Waals surface area (Å²) in [5.41, 5.74) is 3.76. The first-order chi connectivity index (χ1) is 15.3. The third kappa shape index (κ3) is 4.05. The van der Waals surface area contributed by atoms with Crippen molar-refractivity contribution in [1.82, 2.24) is 14.6 Å². The van der Waals surface area contributed by atoms with Crippen LogP contribution in [0.4, 0.5) is 0 Å². The lowest BCUT2D eigenvalue weighted by Gasteiger charge is -2.14. The molecule has 31 heavy (non-hydrogen) atoms. The van der Waals surface area contributed by atoms with E-state index in [1.54, 1.807) is 5.01 Å². The molecule has 4 aromatic rings. The van der Waals surface area contributed by atoms with E-state index < -0.39 is 0 Å². The molecule has 1 aliphatic rings. The summed E-state index contributed by atoms with van der Waals surface area (Å²) in [6.45, 7) is 1.04. The van der Waals surface area contributed by atoms with E-state index in [0.717, 1.165) is 34.5 Å².